The Morgan fingerprint density at radius 1 is 0.762 bits per heavy atom. The van der Waals surface area contributed by atoms with Crippen molar-refractivity contribution >= 4 is 0 Å². The van der Waals surface area contributed by atoms with E-state index in [1.807, 2.05) is 36.4 Å². The maximum Gasteiger partial charge on any atom is 0.0724 e. The van der Waals surface area contributed by atoms with Gasteiger partial charge in [-0.05, 0) is 44.2 Å². The topological polar surface area (TPSA) is 23.1 Å². The van der Waals surface area contributed by atoms with Gasteiger partial charge in [-0.15, -0.1) is 10.3 Å². The summed E-state index contributed by atoms with van der Waals surface area (Å²) in [6.07, 6.45) is 2.88. The normalized spacial score (nSPS) is 30.2. The molecule has 1 saturated heterocycles. The van der Waals surface area contributed by atoms with Gasteiger partial charge >= 0.3 is 0 Å². The van der Waals surface area contributed by atoms with Gasteiger partial charge in [0.1, 0.15) is 0 Å². The van der Waals surface area contributed by atoms with Crippen molar-refractivity contribution in [3.8, 4) is 0 Å². The molecule has 3 rings (SSSR count). The average molecular weight is 280 g/mol. The average Bonchev–Trinajstić information content (AvgIpc) is 2.54. The predicted molar refractivity (Wildman–Crippen MR) is 84.0 cm³/mol. The Labute approximate surface area is 127 Å². The number of piperidine rings is 1. The molecule has 1 heterocycles. The predicted octanol–water partition coefficient (Wildman–Crippen LogP) is 4.65. The van der Waals surface area contributed by atoms with Crippen molar-refractivity contribution in [3.63, 3.8) is 0 Å². The smallest absolute Gasteiger partial charge is 0.0724 e. The first-order chi connectivity index (χ1) is 10.1. The molecule has 0 bridgehead atoms. The lowest BCUT2D eigenvalue weighted by Crippen LogP contribution is -2.55. The SMILES string of the molecule is C[C@]1(c2ccccc2)CCC[C@](C)(c2ccccc2)N1[O]. The second-order valence-electron chi connectivity index (χ2n) is 6.43. The fraction of sp³-hybridized carbons (Fsp3) is 0.368. The molecule has 0 amide bonds. The van der Waals surface area contributed by atoms with Gasteiger partial charge in [0.15, 0.2) is 0 Å². The molecular formula is C19H22NO. The summed E-state index contributed by atoms with van der Waals surface area (Å²) in [6, 6.07) is 20.4. The van der Waals surface area contributed by atoms with Crippen LogP contribution in [0.25, 0.3) is 0 Å². The summed E-state index contributed by atoms with van der Waals surface area (Å²) in [6.45, 7) is 4.16. The molecule has 2 heteroatoms. The van der Waals surface area contributed by atoms with E-state index in [1.165, 1.54) is 5.06 Å². The highest BCUT2D eigenvalue weighted by Crippen LogP contribution is 2.48. The molecule has 2 atom stereocenters. The highest BCUT2D eigenvalue weighted by Gasteiger charge is 2.49. The molecule has 1 aliphatic rings. The van der Waals surface area contributed by atoms with Crippen LogP contribution >= 0.6 is 0 Å². The van der Waals surface area contributed by atoms with Crippen molar-refractivity contribution in [2.24, 2.45) is 0 Å². The van der Waals surface area contributed by atoms with Gasteiger partial charge in [0.05, 0.1) is 11.1 Å². The summed E-state index contributed by atoms with van der Waals surface area (Å²) in [5.41, 5.74) is 1.32. The quantitative estimate of drug-likeness (QED) is 0.785. The Bertz CT molecular complexity index is 544. The number of benzene rings is 2. The molecule has 21 heavy (non-hydrogen) atoms. The Morgan fingerprint density at radius 2 is 1.14 bits per heavy atom. The first-order valence-corrected chi connectivity index (χ1v) is 7.66. The van der Waals surface area contributed by atoms with Gasteiger partial charge in [-0.25, -0.2) is 0 Å². The standard InChI is InChI=1S/C19H22NO/c1-18(16-10-5-3-6-11-16)14-9-15-19(2,20(18)21)17-12-7-4-8-13-17/h3-8,10-13H,9,14-15H2,1-2H3/t18-,19-/m1/s1. The first kappa shape index (κ1) is 14.3. The van der Waals surface area contributed by atoms with E-state index in [2.05, 4.69) is 38.1 Å². The maximum atomic E-state index is 13.3. The molecule has 2 nitrogen and oxygen atoms in total. The van der Waals surface area contributed by atoms with Crippen molar-refractivity contribution in [2.45, 2.75) is 44.2 Å². The van der Waals surface area contributed by atoms with Crippen LogP contribution in [0.2, 0.25) is 0 Å². The Kier molecular flexibility index (Phi) is 3.60. The monoisotopic (exact) mass is 280 g/mol. The van der Waals surface area contributed by atoms with Gasteiger partial charge in [-0.2, -0.15) is 0 Å². The second kappa shape index (κ2) is 5.28. The molecule has 2 aromatic rings. The van der Waals surface area contributed by atoms with Crippen LogP contribution in [-0.2, 0) is 16.3 Å². The van der Waals surface area contributed by atoms with Crippen LogP contribution in [0.15, 0.2) is 60.7 Å². The third kappa shape index (κ3) is 2.29. The number of rotatable bonds is 2. The van der Waals surface area contributed by atoms with E-state index in [0.29, 0.717) is 0 Å². The molecule has 2 aromatic carbocycles. The summed E-state index contributed by atoms with van der Waals surface area (Å²) in [5, 5.41) is 14.6. The van der Waals surface area contributed by atoms with E-state index in [1.54, 1.807) is 0 Å². The molecule has 1 aliphatic heterocycles. The highest BCUT2D eigenvalue weighted by atomic mass is 16.5. The van der Waals surface area contributed by atoms with E-state index < -0.39 is 11.1 Å². The largest absolute Gasteiger partial charge is 0.135 e. The van der Waals surface area contributed by atoms with Gasteiger partial charge in [-0.3, -0.25) is 0 Å². The zero-order valence-electron chi connectivity index (χ0n) is 12.8. The zero-order valence-corrected chi connectivity index (χ0v) is 12.8. The van der Waals surface area contributed by atoms with Crippen LogP contribution in [0, 0.1) is 0 Å². The molecule has 0 aliphatic carbocycles. The molecule has 0 unspecified atom stereocenters. The summed E-state index contributed by atoms with van der Waals surface area (Å²) < 4.78 is 0. The fourth-order valence-corrected chi connectivity index (χ4v) is 3.64. The third-order valence-corrected chi connectivity index (χ3v) is 5.02. The van der Waals surface area contributed by atoms with Crippen LogP contribution in [0.5, 0.6) is 0 Å². The number of nitrogens with zero attached hydrogens (tertiary/aromatic N) is 1. The Balaban J connectivity index is 2.03. The maximum absolute atomic E-state index is 13.3. The van der Waals surface area contributed by atoms with Crippen molar-refractivity contribution in [1.29, 1.82) is 0 Å². The van der Waals surface area contributed by atoms with Crippen LogP contribution in [0.4, 0.5) is 0 Å². The van der Waals surface area contributed by atoms with Gasteiger partial charge in [0.25, 0.3) is 0 Å². The second-order valence-corrected chi connectivity index (χ2v) is 6.43. The Morgan fingerprint density at radius 3 is 1.52 bits per heavy atom. The third-order valence-electron chi connectivity index (χ3n) is 5.02. The number of hydrogen-bond donors (Lipinski definition) is 0. The van der Waals surface area contributed by atoms with Crippen molar-refractivity contribution < 1.29 is 5.21 Å². The lowest BCUT2D eigenvalue weighted by atomic mass is 9.74. The van der Waals surface area contributed by atoms with E-state index in [0.717, 1.165) is 30.4 Å². The van der Waals surface area contributed by atoms with Crippen LogP contribution < -0.4 is 0 Å². The molecule has 109 valence electrons. The van der Waals surface area contributed by atoms with E-state index in [-0.39, 0.29) is 0 Å². The number of hydroxylamine groups is 2. The molecule has 1 fully saturated rings. The minimum Gasteiger partial charge on any atom is -0.135 e. The van der Waals surface area contributed by atoms with Crippen molar-refractivity contribution in [2.75, 3.05) is 0 Å². The summed E-state index contributed by atoms with van der Waals surface area (Å²) in [4.78, 5) is 0. The highest BCUT2D eigenvalue weighted by molar-refractivity contribution is 5.29. The minimum atomic E-state index is -0.454. The van der Waals surface area contributed by atoms with Gasteiger partial charge in [-0.1, -0.05) is 60.7 Å². The molecule has 0 saturated carbocycles. The van der Waals surface area contributed by atoms with E-state index >= 15 is 0 Å². The van der Waals surface area contributed by atoms with Crippen LogP contribution in [0.1, 0.15) is 44.2 Å². The lowest BCUT2D eigenvalue weighted by molar-refractivity contribution is -0.305. The van der Waals surface area contributed by atoms with Crippen molar-refractivity contribution in [1.82, 2.24) is 5.06 Å². The minimum absolute atomic E-state index is 0.454. The number of hydrogen-bond acceptors (Lipinski definition) is 1. The van der Waals surface area contributed by atoms with Gasteiger partial charge in [0, 0.05) is 0 Å². The van der Waals surface area contributed by atoms with Crippen molar-refractivity contribution in [3.05, 3.63) is 71.8 Å². The van der Waals surface area contributed by atoms with Gasteiger partial charge in [0.2, 0.25) is 0 Å². The molecule has 0 spiro atoms. The lowest BCUT2D eigenvalue weighted by Gasteiger charge is -2.50. The summed E-state index contributed by atoms with van der Waals surface area (Å²) in [5.74, 6) is 0. The van der Waals surface area contributed by atoms with E-state index in [4.69, 9.17) is 0 Å². The first-order valence-electron chi connectivity index (χ1n) is 7.66. The summed E-state index contributed by atoms with van der Waals surface area (Å²) in [7, 11) is 0. The fourth-order valence-electron chi connectivity index (χ4n) is 3.64. The van der Waals surface area contributed by atoms with Crippen LogP contribution in [0.3, 0.4) is 0 Å². The molecule has 1 radical (unpaired) electrons. The Hall–Kier alpha value is -1.64. The molecular weight excluding hydrogens is 258 g/mol. The summed E-state index contributed by atoms with van der Waals surface area (Å²) >= 11 is 0. The molecule has 0 aromatic heterocycles. The van der Waals surface area contributed by atoms with Crippen LogP contribution in [-0.4, -0.2) is 5.06 Å². The zero-order chi connectivity index (χ0) is 14.9. The molecule has 0 N–H and O–H groups in total. The van der Waals surface area contributed by atoms with Gasteiger partial charge < -0.3 is 0 Å². The van der Waals surface area contributed by atoms with E-state index in [9.17, 15) is 5.21 Å².